The maximum atomic E-state index is 2.18. The fourth-order valence-electron chi connectivity index (χ4n) is 1.58. The van der Waals surface area contributed by atoms with Gasteiger partial charge in [-0.1, -0.05) is 50.3 Å². The predicted molar refractivity (Wildman–Crippen MR) is 75.6 cm³/mol. The lowest BCUT2D eigenvalue weighted by atomic mass is 9.98. The van der Waals surface area contributed by atoms with Crippen molar-refractivity contribution in [2.75, 3.05) is 0 Å². The summed E-state index contributed by atoms with van der Waals surface area (Å²) < 4.78 is 0. The molecule has 0 aliphatic heterocycles. The van der Waals surface area contributed by atoms with E-state index in [0.29, 0.717) is 0 Å². The SMILES string of the molecule is C/C=C\C(C)=C(/C)c1ccccc1C.CC. The quantitative estimate of drug-likeness (QED) is 0.581. The molecule has 0 amide bonds. The zero-order valence-electron chi connectivity index (χ0n) is 11.5. The summed E-state index contributed by atoms with van der Waals surface area (Å²) in [6, 6.07) is 8.51. The van der Waals surface area contributed by atoms with Crippen LogP contribution in [0.5, 0.6) is 0 Å². The van der Waals surface area contributed by atoms with Gasteiger partial charge in [0.15, 0.2) is 0 Å². The molecular formula is C16H24. The molecule has 0 unspecified atom stereocenters. The lowest BCUT2D eigenvalue weighted by Crippen LogP contribution is -1.87. The van der Waals surface area contributed by atoms with E-state index in [-0.39, 0.29) is 0 Å². The minimum Gasteiger partial charge on any atom is -0.0874 e. The lowest BCUT2D eigenvalue weighted by Gasteiger charge is -2.07. The summed E-state index contributed by atoms with van der Waals surface area (Å²) in [4.78, 5) is 0. The van der Waals surface area contributed by atoms with E-state index in [1.165, 1.54) is 22.3 Å². The van der Waals surface area contributed by atoms with E-state index in [1.807, 2.05) is 13.8 Å². The van der Waals surface area contributed by atoms with E-state index in [9.17, 15) is 0 Å². The molecule has 0 heteroatoms. The van der Waals surface area contributed by atoms with Gasteiger partial charge in [-0.3, -0.25) is 0 Å². The molecule has 0 aliphatic carbocycles. The summed E-state index contributed by atoms with van der Waals surface area (Å²) in [5, 5.41) is 0. The summed E-state index contributed by atoms with van der Waals surface area (Å²) in [5.41, 5.74) is 5.39. The third-order valence-electron chi connectivity index (χ3n) is 2.56. The second kappa shape index (κ2) is 7.92. The highest BCUT2D eigenvalue weighted by molar-refractivity contribution is 5.70. The number of benzene rings is 1. The molecule has 0 aromatic heterocycles. The summed E-state index contributed by atoms with van der Waals surface area (Å²) in [5.74, 6) is 0. The van der Waals surface area contributed by atoms with Crippen molar-refractivity contribution in [3.63, 3.8) is 0 Å². The highest BCUT2D eigenvalue weighted by Gasteiger charge is 2.00. The number of hydrogen-bond acceptors (Lipinski definition) is 0. The van der Waals surface area contributed by atoms with E-state index in [2.05, 4.69) is 64.1 Å². The molecule has 0 fully saturated rings. The van der Waals surface area contributed by atoms with Gasteiger partial charge in [-0.2, -0.15) is 0 Å². The van der Waals surface area contributed by atoms with Crippen molar-refractivity contribution in [1.82, 2.24) is 0 Å². The summed E-state index contributed by atoms with van der Waals surface area (Å²) in [6.07, 6.45) is 4.23. The predicted octanol–water partition coefficient (Wildman–Crippen LogP) is 5.39. The Labute approximate surface area is 101 Å². The van der Waals surface area contributed by atoms with E-state index in [4.69, 9.17) is 0 Å². The molecule has 0 radical (unpaired) electrons. The largest absolute Gasteiger partial charge is 0.0874 e. The van der Waals surface area contributed by atoms with Crippen molar-refractivity contribution in [2.45, 2.75) is 41.5 Å². The van der Waals surface area contributed by atoms with E-state index >= 15 is 0 Å². The fourth-order valence-corrected chi connectivity index (χ4v) is 1.58. The van der Waals surface area contributed by atoms with Gasteiger partial charge in [0.2, 0.25) is 0 Å². The molecule has 1 rings (SSSR count). The molecule has 0 aliphatic rings. The van der Waals surface area contributed by atoms with Crippen molar-refractivity contribution in [2.24, 2.45) is 0 Å². The topological polar surface area (TPSA) is 0 Å². The van der Waals surface area contributed by atoms with Crippen molar-refractivity contribution in [1.29, 1.82) is 0 Å². The first kappa shape index (κ1) is 14.7. The van der Waals surface area contributed by atoms with E-state index in [0.717, 1.165) is 0 Å². The Morgan fingerprint density at radius 3 is 2.12 bits per heavy atom. The average molecular weight is 216 g/mol. The van der Waals surface area contributed by atoms with Gasteiger partial charge in [-0.05, 0) is 50.0 Å². The standard InChI is InChI=1S/C14H18.C2H6/c1-5-8-11(2)13(4)14-10-7-6-9-12(14)3;1-2/h5-10H,1-4H3;1-2H3/b8-5-,13-11+;. The van der Waals surface area contributed by atoms with Gasteiger partial charge in [0.25, 0.3) is 0 Å². The van der Waals surface area contributed by atoms with Gasteiger partial charge in [0.1, 0.15) is 0 Å². The van der Waals surface area contributed by atoms with Crippen LogP contribution in [0.4, 0.5) is 0 Å². The molecule has 0 nitrogen and oxygen atoms in total. The minimum absolute atomic E-state index is 1.34. The Hall–Kier alpha value is -1.30. The second-order valence-electron chi connectivity index (χ2n) is 3.62. The number of aryl methyl sites for hydroxylation is 1. The number of hydrogen-bond donors (Lipinski definition) is 0. The molecule has 0 N–H and O–H groups in total. The highest BCUT2D eigenvalue weighted by atomic mass is 14.1. The van der Waals surface area contributed by atoms with Crippen LogP contribution in [-0.4, -0.2) is 0 Å². The Morgan fingerprint density at radius 2 is 1.62 bits per heavy atom. The summed E-state index contributed by atoms with van der Waals surface area (Å²) in [6.45, 7) is 12.5. The maximum absolute atomic E-state index is 2.18. The van der Waals surface area contributed by atoms with Gasteiger partial charge >= 0.3 is 0 Å². The molecule has 1 aromatic rings. The van der Waals surface area contributed by atoms with Crippen LogP contribution in [0.2, 0.25) is 0 Å². The normalized spacial score (nSPS) is 11.9. The lowest BCUT2D eigenvalue weighted by molar-refractivity contribution is 1.37. The van der Waals surface area contributed by atoms with Crippen molar-refractivity contribution in [3.8, 4) is 0 Å². The Balaban J connectivity index is 0.00000106. The maximum Gasteiger partial charge on any atom is -0.0195 e. The van der Waals surface area contributed by atoms with Crippen molar-refractivity contribution in [3.05, 3.63) is 53.1 Å². The second-order valence-corrected chi connectivity index (χ2v) is 3.62. The first-order chi connectivity index (χ1) is 7.66. The van der Waals surface area contributed by atoms with E-state index in [1.54, 1.807) is 0 Å². The van der Waals surface area contributed by atoms with Crippen LogP contribution >= 0.6 is 0 Å². The van der Waals surface area contributed by atoms with Gasteiger partial charge in [0, 0.05) is 0 Å². The first-order valence-electron chi connectivity index (χ1n) is 6.03. The Morgan fingerprint density at radius 1 is 1.06 bits per heavy atom. The van der Waals surface area contributed by atoms with Crippen LogP contribution in [0.25, 0.3) is 5.57 Å². The number of rotatable bonds is 2. The van der Waals surface area contributed by atoms with Gasteiger partial charge in [-0.15, -0.1) is 0 Å². The van der Waals surface area contributed by atoms with Gasteiger partial charge in [0.05, 0.1) is 0 Å². The molecule has 0 atom stereocenters. The first-order valence-corrected chi connectivity index (χ1v) is 6.03. The smallest absolute Gasteiger partial charge is 0.0195 e. The van der Waals surface area contributed by atoms with Gasteiger partial charge in [-0.25, -0.2) is 0 Å². The van der Waals surface area contributed by atoms with Crippen molar-refractivity contribution < 1.29 is 0 Å². The molecule has 16 heavy (non-hydrogen) atoms. The van der Waals surface area contributed by atoms with Gasteiger partial charge < -0.3 is 0 Å². The van der Waals surface area contributed by atoms with Crippen LogP contribution in [0.3, 0.4) is 0 Å². The minimum atomic E-state index is 1.34. The van der Waals surface area contributed by atoms with E-state index < -0.39 is 0 Å². The number of allylic oxidation sites excluding steroid dienone is 4. The zero-order chi connectivity index (χ0) is 12.6. The van der Waals surface area contributed by atoms with Crippen LogP contribution in [0.15, 0.2) is 42.0 Å². The summed E-state index contributed by atoms with van der Waals surface area (Å²) in [7, 11) is 0. The molecular weight excluding hydrogens is 192 g/mol. The molecule has 1 aromatic carbocycles. The van der Waals surface area contributed by atoms with Crippen molar-refractivity contribution >= 4 is 5.57 Å². The monoisotopic (exact) mass is 216 g/mol. The molecule has 0 saturated heterocycles. The third kappa shape index (κ3) is 4.06. The molecule has 0 heterocycles. The Bertz CT molecular complexity index is 367. The average Bonchev–Trinajstić information content (AvgIpc) is 2.32. The molecule has 0 bridgehead atoms. The third-order valence-corrected chi connectivity index (χ3v) is 2.56. The zero-order valence-corrected chi connectivity index (χ0v) is 11.5. The van der Waals surface area contributed by atoms with Crippen LogP contribution in [-0.2, 0) is 0 Å². The summed E-state index contributed by atoms with van der Waals surface area (Å²) >= 11 is 0. The fraction of sp³-hybridized carbons (Fsp3) is 0.375. The molecule has 0 spiro atoms. The van der Waals surface area contributed by atoms with Crippen LogP contribution in [0.1, 0.15) is 45.7 Å². The molecule has 88 valence electrons. The van der Waals surface area contributed by atoms with Crippen LogP contribution in [0, 0.1) is 6.92 Å². The molecule has 0 saturated carbocycles. The van der Waals surface area contributed by atoms with Crippen LogP contribution < -0.4 is 0 Å². The Kier molecular flexibility index (Phi) is 7.28. The highest BCUT2D eigenvalue weighted by Crippen LogP contribution is 2.21.